The van der Waals surface area contributed by atoms with E-state index in [0.717, 1.165) is 0 Å². The van der Waals surface area contributed by atoms with Crippen LogP contribution in [0.15, 0.2) is 4.79 Å². The fourth-order valence-corrected chi connectivity index (χ4v) is 1.73. The molecule has 20 heavy (non-hydrogen) atoms. The molecule has 1 aliphatic rings. The predicted octanol–water partition coefficient (Wildman–Crippen LogP) is 0.158. The Morgan fingerprint density at radius 3 is 2.10 bits per heavy atom. The van der Waals surface area contributed by atoms with Gasteiger partial charge in [-0.25, -0.2) is 4.98 Å². The van der Waals surface area contributed by atoms with E-state index in [1.165, 1.54) is 0 Å². The van der Waals surface area contributed by atoms with Crippen LogP contribution in [0.4, 0.5) is 0 Å². The Hall–Kier alpha value is -1.28. The second kappa shape index (κ2) is 8.11. The Morgan fingerprint density at radius 1 is 0.900 bits per heavy atom. The largest absolute Gasteiger partial charge is 0.377 e. The third-order valence-corrected chi connectivity index (χ3v) is 2.89. The zero-order valence-corrected chi connectivity index (χ0v) is 11.6. The number of nitrogens with one attached hydrogen (secondary N) is 1. The van der Waals surface area contributed by atoms with E-state index in [-0.39, 0.29) is 12.2 Å². The van der Waals surface area contributed by atoms with Crippen LogP contribution in [0.25, 0.3) is 0 Å². The standard InChI is InChI=1S/C13H20N2O5/c1-10-11-8-19-6-4-17-2-3-18-5-7-20-9-12(14-11)15-13(10)16/h2-9H2,1H3,(H,14,15,16). The maximum Gasteiger partial charge on any atom is 0.254 e. The number of H-pyrrole nitrogens is 1. The Labute approximate surface area is 117 Å². The first kappa shape index (κ1) is 15.1. The van der Waals surface area contributed by atoms with Crippen molar-refractivity contribution < 1.29 is 18.9 Å². The van der Waals surface area contributed by atoms with Crippen LogP contribution in [0, 0.1) is 6.92 Å². The zero-order valence-electron chi connectivity index (χ0n) is 11.6. The van der Waals surface area contributed by atoms with Crippen molar-refractivity contribution in [1.29, 1.82) is 0 Å². The number of ether oxygens (including phenoxy) is 4. The number of hydrogen-bond acceptors (Lipinski definition) is 6. The number of fused-ring (bicyclic) bond motifs is 2. The van der Waals surface area contributed by atoms with Crippen molar-refractivity contribution >= 4 is 0 Å². The minimum absolute atomic E-state index is 0.158. The fraction of sp³-hybridized carbons (Fsp3) is 0.692. The van der Waals surface area contributed by atoms with Crippen molar-refractivity contribution in [2.24, 2.45) is 0 Å². The van der Waals surface area contributed by atoms with E-state index in [1.807, 2.05) is 0 Å². The molecule has 0 saturated carbocycles. The molecule has 1 aliphatic heterocycles. The Balaban J connectivity index is 2.05. The molecule has 0 aromatic carbocycles. The molecule has 0 saturated heterocycles. The van der Waals surface area contributed by atoms with E-state index in [9.17, 15) is 4.79 Å². The van der Waals surface area contributed by atoms with Crippen LogP contribution in [0.2, 0.25) is 0 Å². The molecule has 0 radical (unpaired) electrons. The highest BCUT2D eigenvalue weighted by molar-refractivity contribution is 5.15. The highest BCUT2D eigenvalue weighted by atomic mass is 16.6. The molecule has 0 unspecified atom stereocenters. The molecule has 7 nitrogen and oxygen atoms in total. The molecule has 1 N–H and O–H groups in total. The van der Waals surface area contributed by atoms with Crippen LogP contribution in [0.3, 0.4) is 0 Å². The quantitative estimate of drug-likeness (QED) is 0.730. The first-order valence-electron chi connectivity index (χ1n) is 6.67. The van der Waals surface area contributed by atoms with Crippen LogP contribution < -0.4 is 5.56 Å². The second-order valence-electron chi connectivity index (χ2n) is 4.41. The number of nitrogens with zero attached hydrogens (tertiary/aromatic N) is 1. The SMILES string of the molecule is Cc1c2nc([nH]c1=O)COCCOCCOCCOC2. The third-order valence-electron chi connectivity index (χ3n) is 2.89. The van der Waals surface area contributed by atoms with Crippen molar-refractivity contribution in [2.45, 2.75) is 20.1 Å². The van der Waals surface area contributed by atoms with Gasteiger partial charge in [-0.15, -0.1) is 0 Å². The zero-order chi connectivity index (χ0) is 14.2. The van der Waals surface area contributed by atoms with Crippen LogP contribution in [0.1, 0.15) is 17.1 Å². The monoisotopic (exact) mass is 284 g/mol. The van der Waals surface area contributed by atoms with Gasteiger partial charge in [0.15, 0.2) is 0 Å². The second-order valence-corrected chi connectivity index (χ2v) is 4.41. The molecule has 0 fully saturated rings. The number of aromatic amines is 1. The van der Waals surface area contributed by atoms with E-state index >= 15 is 0 Å². The molecule has 7 heteroatoms. The molecule has 0 spiro atoms. The fourth-order valence-electron chi connectivity index (χ4n) is 1.73. The van der Waals surface area contributed by atoms with Gasteiger partial charge in [0.05, 0.1) is 51.9 Å². The highest BCUT2D eigenvalue weighted by Gasteiger charge is 2.08. The average Bonchev–Trinajstić information content (AvgIpc) is 2.44. The number of aromatic nitrogens is 2. The van der Waals surface area contributed by atoms with Gasteiger partial charge in [-0.1, -0.05) is 0 Å². The molecular formula is C13H20N2O5. The topological polar surface area (TPSA) is 82.7 Å². The number of hydrogen-bond donors (Lipinski definition) is 1. The maximum absolute atomic E-state index is 11.8. The van der Waals surface area contributed by atoms with Crippen molar-refractivity contribution in [2.75, 3.05) is 39.6 Å². The number of rotatable bonds is 0. The first-order valence-corrected chi connectivity index (χ1v) is 6.67. The van der Waals surface area contributed by atoms with Crippen LogP contribution in [-0.4, -0.2) is 49.6 Å². The van der Waals surface area contributed by atoms with Gasteiger partial charge in [0.1, 0.15) is 12.4 Å². The van der Waals surface area contributed by atoms with Crippen LogP contribution in [0.5, 0.6) is 0 Å². The van der Waals surface area contributed by atoms with Gasteiger partial charge in [-0.05, 0) is 6.92 Å². The summed E-state index contributed by atoms with van der Waals surface area (Å²) in [5.41, 5.74) is 1.05. The first-order chi connectivity index (χ1) is 9.77. The molecule has 2 bridgehead atoms. The van der Waals surface area contributed by atoms with Crippen molar-refractivity contribution in [3.8, 4) is 0 Å². The van der Waals surface area contributed by atoms with E-state index in [1.54, 1.807) is 6.92 Å². The predicted molar refractivity (Wildman–Crippen MR) is 70.5 cm³/mol. The average molecular weight is 284 g/mol. The lowest BCUT2D eigenvalue weighted by molar-refractivity contribution is -0.00548. The molecule has 0 aliphatic carbocycles. The molecule has 2 rings (SSSR count). The lowest BCUT2D eigenvalue weighted by Crippen LogP contribution is -2.19. The molecule has 1 aromatic heterocycles. The van der Waals surface area contributed by atoms with Gasteiger partial charge >= 0.3 is 0 Å². The van der Waals surface area contributed by atoms with Gasteiger partial charge in [0.2, 0.25) is 0 Å². The summed E-state index contributed by atoms with van der Waals surface area (Å²) >= 11 is 0. The highest BCUT2D eigenvalue weighted by Crippen LogP contribution is 2.03. The van der Waals surface area contributed by atoms with E-state index < -0.39 is 0 Å². The van der Waals surface area contributed by atoms with Gasteiger partial charge in [-0.2, -0.15) is 0 Å². The van der Waals surface area contributed by atoms with Crippen LogP contribution in [-0.2, 0) is 32.2 Å². The Kier molecular flexibility index (Phi) is 6.13. The van der Waals surface area contributed by atoms with Crippen molar-refractivity contribution in [3.05, 3.63) is 27.4 Å². The van der Waals surface area contributed by atoms with Gasteiger partial charge in [-0.3, -0.25) is 4.79 Å². The lowest BCUT2D eigenvalue weighted by atomic mass is 10.2. The summed E-state index contributed by atoms with van der Waals surface area (Å²) in [7, 11) is 0. The molecule has 0 atom stereocenters. The van der Waals surface area contributed by atoms with Crippen molar-refractivity contribution in [3.63, 3.8) is 0 Å². The minimum atomic E-state index is -0.158. The van der Waals surface area contributed by atoms with E-state index in [2.05, 4.69) is 9.97 Å². The Bertz CT molecular complexity index is 474. The van der Waals surface area contributed by atoms with E-state index in [0.29, 0.717) is 63.3 Å². The molecule has 112 valence electrons. The van der Waals surface area contributed by atoms with Gasteiger partial charge in [0.25, 0.3) is 5.56 Å². The summed E-state index contributed by atoms with van der Waals surface area (Å²) in [6, 6.07) is 0. The third kappa shape index (κ3) is 4.68. The smallest absolute Gasteiger partial charge is 0.254 e. The maximum atomic E-state index is 11.8. The van der Waals surface area contributed by atoms with Gasteiger partial charge in [0, 0.05) is 5.56 Å². The van der Waals surface area contributed by atoms with E-state index in [4.69, 9.17) is 18.9 Å². The summed E-state index contributed by atoms with van der Waals surface area (Å²) in [4.78, 5) is 18.8. The summed E-state index contributed by atoms with van der Waals surface area (Å²) < 4.78 is 21.5. The molecule has 2 heterocycles. The summed E-state index contributed by atoms with van der Waals surface area (Å²) in [6.45, 7) is 5.23. The lowest BCUT2D eigenvalue weighted by Gasteiger charge is -2.08. The van der Waals surface area contributed by atoms with Crippen molar-refractivity contribution in [1.82, 2.24) is 9.97 Å². The minimum Gasteiger partial charge on any atom is -0.377 e. The van der Waals surface area contributed by atoms with Crippen LogP contribution >= 0.6 is 0 Å². The molecule has 0 amide bonds. The normalized spacial score (nSPS) is 19.1. The van der Waals surface area contributed by atoms with Gasteiger partial charge < -0.3 is 23.9 Å². The summed E-state index contributed by atoms with van der Waals surface area (Å²) in [6.07, 6.45) is 0. The molecule has 1 aromatic rings. The summed E-state index contributed by atoms with van der Waals surface area (Å²) in [5.74, 6) is 0.505. The Morgan fingerprint density at radius 2 is 1.45 bits per heavy atom. The summed E-state index contributed by atoms with van der Waals surface area (Å²) in [5, 5.41) is 0. The molecular weight excluding hydrogens is 264 g/mol.